The van der Waals surface area contributed by atoms with Gasteiger partial charge in [0.25, 0.3) is 11.8 Å². The summed E-state index contributed by atoms with van der Waals surface area (Å²) in [5.41, 5.74) is 1.05. The third-order valence-electron chi connectivity index (χ3n) is 3.58. The van der Waals surface area contributed by atoms with Gasteiger partial charge >= 0.3 is 0 Å². The van der Waals surface area contributed by atoms with Gasteiger partial charge in [-0.1, -0.05) is 12.1 Å². The summed E-state index contributed by atoms with van der Waals surface area (Å²) in [6.07, 6.45) is 0. The van der Waals surface area contributed by atoms with Crippen LogP contribution in [-0.4, -0.2) is 41.9 Å². The Labute approximate surface area is 141 Å². The summed E-state index contributed by atoms with van der Waals surface area (Å²) in [6, 6.07) is 11.9. The normalized spacial score (nSPS) is 10.1. The largest absolute Gasteiger partial charge is 0.497 e. The molecule has 0 spiro atoms. The van der Waals surface area contributed by atoms with Gasteiger partial charge in [-0.3, -0.25) is 9.59 Å². The van der Waals surface area contributed by atoms with Gasteiger partial charge in [0, 0.05) is 24.8 Å². The van der Waals surface area contributed by atoms with Gasteiger partial charge in [0.2, 0.25) is 0 Å². The quantitative estimate of drug-likeness (QED) is 0.885. The Morgan fingerprint density at radius 3 is 2.42 bits per heavy atom. The van der Waals surface area contributed by atoms with E-state index in [1.165, 1.54) is 0 Å². The molecule has 0 radical (unpaired) electrons. The first-order valence-corrected chi connectivity index (χ1v) is 7.80. The van der Waals surface area contributed by atoms with Crippen molar-refractivity contribution in [2.75, 3.05) is 25.5 Å². The van der Waals surface area contributed by atoms with E-state index in [1.807, 2.05) is 13.8 Å². The van der Waals surface area contributed by atoms with E-state index in [0.717, 1.165) is 0 Å². The molecule has 6 heteroatoms. The monoisotopic (exact) mass is 327 g/mol. The first kappa shape index (κ1) is 17.5. The number of carbonyl (C=O) groups excluding carboxylic acids is 2. The molecule has 0 bridgehead atoms. The van der Waals surface area contributed by atoms with E-state index in [-0.39, 0.29) is 23.2 Å². The lowest BCUT2D eigenvalue weighted by Crippen LogP contribution is -2.31. The average Bonchev–Trinajstić information content (AvgIpc) is 2.63. The molecule has 0 saturated carbocycles. The second-order valence-corrected chi connectivity index (χ2v) is 5.07. The fourth-order valence-electron chi connectivity index (χ4n) is 2.25. The zero-order valence-corrected chi connectivity index (χ0v) is 14.1. The number of nitrogens with zero attached hydrogens (tertiary/aromatic N) is 2. The van der Waals surface area contributed by atoms with Gasteiger partial charge in [0.1, 0.15) is 17.1 Å². The smallest absolute Gasteiger partial charge is 0.274 e. The first-order chi connectivity index (χ1) is 11.6. The van der Waals surface area contributed by atoms with Crippen LogP contribution in [0.4, 0.5) is 5.69 Å². The molecule has 6 nitrogen and oxygen atoms in total. The highest BCUT2D eigenvalue weighted by Gasteiger charge is 2.16. The Morgan fingerprint density at radius 2 is 1.75 bits per heavy atom. The lowest BCUT2D eigenvalue weighted by Gasteiger charge is -2.18. The van der Waals surface area contributed by atoms with Crippen molar-refractivity contribution in [3.63, 3.8) is 0 Å². The lowest BCUT2D eigenvalue weighted by atomic mass is 10.2. The number of anilines is 1. The van der Waals surface area contributed by atoms with Crippen molar-refractivity contribution in [2.24, 2.45) is 0 Å². The fraction of sp³-hybridized carbons (Fsp3) is 0.278. The molecule has 1 aromatic heterocycles. The molecule has 1 heterocycles. The standard InChI is InChI=1S/C18H21N3O3/c1-4-21(5-2)18(23)16-11-7-10-15(20-16)17(22)19-13-8-6-9-14(12-13)24-3/h6-12H,4-5H2,1-3H3,(H,19,22). The van der Waals surface area contributed by atoms with Crippen molar-refractivity contribution >= 4 is 17.5 Å². The van der Waals surface area contributed by atoms with E-state index in [9.17, 15) is 9.59 Å². The number of ether oxygens (including phenoxy) is 1. The molecule has 0 unspecified atom stereocenters. The molecule has 1 N–H and O–H groups in total. The lowest BCUT2D eigenvalue weighted by molar-refractivity contribution is 0.0767. The van der Waals surface area contributed by atoms with Crippen LogP contribution in [0.1, 0.15) is 34.8 Å². The second kappa shape index (κ2) is 8.10. The van der Waals surface area contributed by atoms with Gasteiger partial charge < -0.3 is 15.0 Å². The van der Waals surface area contributed by atoms with Crippen LogP contribution in [0.3, 0.4) is 0 Å². The number of rotatable bonds is 6. The zero-order chi connectivity index (χ0) is 17.5. The van der Waals surface area contributed by atoms with E-state index in [0.29, 0.717) is 24.5 Å². The molecule has 1 aromatic carbocycles. The minimum absolute atomic E-state index is 0.184. The van der Waals surface area contributed by atoms with E-state index in [1.54, 1.807) is 54.5 Å². The molecule has 2 aromatic rings. The molecular formula is C18H21N3O3. The molecule has 0 atom stereocenters. The van der Waals surface area contributed by atoms with E-state index in [4.69, 9.17) is 4.74 Å². The van der Waals surface area contributed by atoms with Gasteiger partial charge in [-0.25, -0.2) is 4.98 Å². The molecule has 24 heavy (non-hydrogen) atoms. The predicted molar refractivity (Wildman–Crippen MR) is 92.4 cm³/mol. The maximum Gasteiger partial charge on any atom is 0.274 e. The number of hydrogen-bond acceptors (Lipinski definition) is 4. The van der Waals surface area contributed by atoms with Crippen LogP contribution in [0.15, 0.2) is 42.5 Å². The van der Waals surface area contributed by atoms with Crippen LogP contribution < -0.4 is 10.1 Å². The highest BCUT2D eigenvalue weighted by atomic mass is 16.5. The molecule has 0 aliphatic heterocycles. The molecule has 2 rings (SSSR count). The summed E-state index contributed by atoms with van der Waals surface area (Å²) in [5, 5.41) is 2.75. The predicted octanol–water partition coefficient (Wildman–Crippen LogP) is 2.82. The van der Waals surface area contributed by atoms with Gasteiger partial charge in [0.05, 0.1) is 7.11 Å². The highest BCUT2D eigenvalue weighted by Crippen LogP contribution is 2.17. The van der Waals surface area contributed by atoms with Crippen LogP contribution >= 0.6 is 0 Å². The number of aromatic nitrogens is 1. The van der Waals surface area contributed by atoms with Crippen molar-refractivity contribution < 1.29 is 14.3 Å². The Kier molecular flexibility index (Phi) is 5.89. The van der Waals surface area contributed by atoms with Crippen molar-refractivity contribution in [3.8, 4) is 5.75 Å². The summed E-state index contributed by atoms with van der Waals surface area (Å²) < 4.78 is 5.13. The first-order valence-electron chi connectivity index (χ1n) is 7.80. The van der Waals surface area contributed by atoms with Crippen molar-refractivity contribution in [1.29, 1.82) is 0 Å². The third-order valence-corrected chi connectivity index (χ3v) is 3.58. The fourth-order valence-corrected chi connectivity index (χ4v) is 2.25. The molecular weight excluding hydrogens is 306 g/mol. The van der Waals surface area contributed by atoms with Crippen molar-refractivity contribution in [3.05, 3.63) is 53.9 Å². The van der Waals surface area contributed by atoms with Gasteiger partial charge in [-0.05, 0) is 38.1 Å². The Hall–Kier alpha value is -2.89. The number of benzene rings is 1. The molecule has 0 saturated heterocycles. The summed E-state index contributed by atoms with van der Waals surface area (Å²) in [6.45, 7) is 5.00. The summed E-state index contributed by atoms with van der Waals surface area (Å²) >= 11 is 0. The second-order valence-electron chi connectivity index (χ2n) is 5.07. The zero-order valence-electron chi connectivity index (χ0n) is 14.1. The van der Waals surface area contributed by atoms with Crippen LogP contribution in [0.2, 0.25) is 0 Å². The van der Waals surface area contributed by atoms with Gasteiger partial charge in [-0.2, -0.15) is 0 Å². The molecule has 0 aliphatic rings. The Morgan fingerprint density at radius 1 is 1.08 bits per heavy atom. The number of methoxy groups -OCH3 is 1. The van der Waals surface area contributed by atoms with Crippen LogP contribution in [-0.2, 0) is 0 Å². The van der Waals surface area contributed by atoms with Crippen molar-refractivity contribution in [1.82, 2.24) is 9.88 Å². The highest BCUT2D eigenvalue weighted by molar-refractivity contribution is 6.03. The topological polar surface area (TPSA) is 71.5 Å². The number of carbonyl (C=O) groups is 2. The number of nitrogens with one attached hydrogen (secondary N) is 1. The number of pyridine rings is 1. The molecule has 126 valence electrons. The van der Waals surface area contributed by atoms with Crippen LogP contribution in [0, 0.1) is 0 Å². The molecule has 0 fully saturated rings. The Bertz CT molecular complexity index is 727. The SMILES string of the molecule is CCN(CC)C(=O)c1cccc(C(=O)Nc2cccc(OC)c2)n1. The Balaban J connectivity index is 2.18. The number of amides is 2. The number of hydrogen-bond donors (Lipinski definition) is 1. The van der Waals surface area contributed by atoms with Crippen LogP contribution in [0.25, 0.3) is 0 Å². The maximum absolute atomic E-state index is 12.4. The van der Waals surface area contributed by atoms with Gasteiger partial charge in [0.15, 0.2) is 0 Å². The third kappa shape index (κ3) is 4.10. The van der Waals surface area contributed by atoms with E-state index >= 15 is 0 Å². The van der Waals surface area contributed by atoms with E-state index < -0.39 is 0 Å². The summed E-state index contributed by atoms with van der Waals surface area (Å²) in [7, 11) is 1.56. The van der Waals surface area contributed by atoms with E-state index in [2.05, 4.69) is 10.3 Å². The maximum atomic E-state index is 12.4. The molecule has 2 amide bonds. The summed E-state index contributed by atoms with van der Waals surface area (Å²) in [5.74, 6) is 0.0831. The van der Waals surface area contributed by atoms with Gasteiger partial charge in [-0.15, -0.1) is 0 Å². The van der Waals surface area contributed by atoms with Crippen molar-refractivity contribution in [2.45, 2.75) is 13.8 Å². The summed E-state index contributed by atoms with van der Waals surface area (Å²) in [4.78, 5) is 30.5. The van der Waals surface area contributed by atoms with Crippen LogP contribution in [0.5, 0.6) is 5.75 Å². The molecule has 0 aliphatic carbocycles. The minimum atomic E-state index is -0.377. The average molecular weight is 327 g/mol. The minimum Gasteiger partial charge on any atom is -0.497 e.